The molecule has 0 saturated heterocycles. The number of rotatable bonds is 7. The van der Waals surface area contributed by atoms with Crippen molar-refractivity contribution in [1.82, 2.24) is 4.98 Å². The number of nitrogens with zero attached hydrogens (tertiary/aromatic N) is 1. The zero-order chi connectivity index (χ0) is 18.6. The Morgan fingerprint density at radius 1 is 1.12 bits per heavy atom. The minimum absolute atomic E-state index is 0.0736. The van der Waals surface area contributed by atoms with Gasteiger partial charge in [0.25, 0.3) is 0 Å². The fraction of sp³-hybridized carbons (Fsp3) is 0.211. The van der Waals surface area contributed by atoms with Gasteiger partial charge in [0.15, 0.2) is 0 Å². The molecule has 0 saturated carbocycles. The van der Waals surface area contributed by atoms with Crippen LogP contribution in [0.1, 0.15) is 12.0 Å². The summed E-state index contributed by atoms with van der Waals surface area (Å²) >= 11 is 0. The summed E-state index contributed by atoms with van der Waals surface area (Å²) in [4.78, 5) is 4.12. The minimum atomic E-state index is -3.72. The molecule has 0 spiro atoms. The molecule has 1 atom stereocenters. The van der Waals surface area contributed by atoms with Crippen LogP contribution >= 0.6 is 0 Å². The molecule has 0 amide bonds. The number of pyridine rings is 1. The Morgan fingerprint density at radius 2 is 1.88 bits per heavy atom. The van der Waals surface area contributed by atoms with Crippen LogP contribution in [-0.2, 0) is 16.4 Å². The molecular weight excluding hydrogens is 352 g/mol. The van der Waals surface area contributed by atoms with Crippen LogP contribution in [0.4, 0.5) is 0 Å². The monoisotopic (exact) mass is 372 g/mol. The van der Waals surface area contributed by atoms with E-state index in [1.54, 1.807) is 36.7 Å². The first-order chi connectivity index (χ1) is 12.4. The van der Waals surface area contributed by atoms with Crippen molar-refractivity contribution >= 4 is 20.8 Å². The van der Waals surface area contributed by atoms with Crippen LogP contribution in [-0.4, -0.2) is 31.2 Å². The summed E-state index contributed by atoms with van der Waals surface area (Å²) in [6, 6.07) is 13.8. The molecule has 6 nitrogen and oxygen atoms in total. The Bertz CT molecular complexity index is 991. The Kier molecular flexibility index (Phi) is 5.51. The lowest BCUT2D eigenvalue weighted by Crippen LogP contribution is -2.18. The van der Waals surface area contributed by atoms with Crippen molar-refractivity contribution in [3.63, 3.8) is 0 Å². The van der Waals surface area contributed by atoms with E-state index in [0.29, 0.717) is 12.2 Å². The maximum Gasteiger partial charge on any atom is 0.238 e. The highest BCUT2D eigenvalue weighted by Gasteiger charge is 2.10. The average molecular weight is 372 g/mol. The summed E-state index contributed by atoms with van der Waals surface area (Å²) < 4.78 is 28.5. The maximum absolute atomic E-state index is 11.4. The van der Waals surface area contributed by atoms with E-state index < -0.39 is 16.1 Å². The molecule has 26 heavy (non-hydrogen) atoms. The number of aliphatic hydroxyl groups is 1. The molecule has 1 heterocycles. The van der Waals surface area contributed by atoms with Crippen molar-refractivity contribution in [3.8, 4) is 5.75 Å². The molecule has 3 rings (SSSR count). The normalized spacial score (nSPS) is 12.8. The number of nitrogens with two attached hydrogens (primary N) is 1. The zero-order valence-corrected chi connectivity index (χ0v) is 14.9. The topological polar surface area (TPSA) is 103 Å². The molecule has 136 valence electrons. The molecule has 2 aromatic carbocycles. The molecule has 0 radical (unpaired) electrons. The van der Waals surface area contributed by atoms with E-state index in [0.717, 1.165) is 22.8 Å². The molecular formula is C19H20N2O4S. The standard InChI is InChI=1S/C19H20N2O4S/c20-26(23,24)19-8-5-15-10-18(7-4-16(15)11-19)25-13-17(22)6-3-14-2-1-9-21-12-14/h1-2,4-5,7-12,17,22H,3,6,13H2,(H2,20,23,24)/t17-/m1/s1. The summed E-state index contributed by atoms with van der Waals surface area (Å²) in [7, 11) is -3.72. The highest BCUT2D eigenvalue weighted by Crippen LogP contribution is 2.23. The van der Waals surface area contributed by atoms with Gasteiger partial charge in [-0.1, -0.05) is 18.2 Å². The number of sulfonamides is 1. The second-order valence-corrected chi connectivity index (χ2v) is 7.64. The number of hydrogen-bond donors (Lipinski definition) is 2. The molecule has 0 aliphatic rings. The minimum Gasteiger partial charge on any atom is -0.491 e. The smallest absolute Gasteiger partial charge is 0.238 e. The maximum atomic E-state index is 11.4. The summed E-state index contributed by atoms with van der Waals surface area (Å²) in [5.41, 5.74) is 1.07. The molecule has 0 fully saturated rings. The molecule has 7 heteroatoms. The van der Waals surface area contributed by atoms with Crippen molar-refractivity contribution in [2.75, 3.05) is 6.61 Å². The number of benzene rings is 2. The lowest BCUT2D eigenvalue weighted by atomic mass is 10.1. The number of hydrogen-bond acceptors (Lipinski definition) is 5. The number of ether oxygens (including phenoxy) is 1. The van der Waals surface area contributed by atoms with Crippen LogP contribution in [0.3, 0.4) is 0 Å². The van der Waals surface area contributed by atoms with Gasteiger partial charge in [0.1, 0.15) is 12.4 Å². The molecule has 0 bridgehead atoms. The summed E-state index contributed by atoms with van der Waals surface area (Å²) in [5.74, 6) is 0.612. The van der Waals surface area contributed by atoms with Crippen LogP contribution in [0.5, 0.6) is 5.75 Å². The van der Waals surface area contributed by atoms with E-state index in [2.05, 4.69) is 4.98 Å². The molecule has 1 aromatic heterocycles. The van der Waals surface area contributed by atoms with Gasteiger partial charge >= 0.3 is 0 Å². The van der Waals surface area contributed by atoms with E-state index in [4.69, 9.17) is 9.88 Å². The fourth-order valence-corrected chi connectivity index (χ4v) is 3.17. The Balaban J connectivity index is 1.60. The molecule has 0 unspecified atom stereocenters. The zero-order valence-electron chi connectivity index (χ0n) is 14.1. The van der Waals surface area contributed by atoms with E-state index >= 15 is 0 Å². The Morgan fingerprint density at radius 3 is 2.62 bits per heavy atom. The highest BCUT2D eigenvalue weighted by atomic mass is 32.2. The molecule has 0 aliphatic heterocycles. The van der Waals surface area contributed by atoms with Crippen molar-refractivity contribution in [2.45, 2.75) is 23.8 Å². The number of aliphatic hydroxyl groups excluding tert-OH is 1. The van der Waals surface area contributed by atoms with Crippen LogP contribution in [0.2, 0.25) is 0 Å². The molecule has 3 N–H and O–H groups in total. The number of primary sulfonamides is 1. The van der Waals surface area contributed by atoms with Gasteiger partial charge in [-0.15, -0.1) is 0 Å². The fourth-order valence-electron chi connectivity index (χ4n) is 2.62. The number of aryl methyl sites for hydroxylation is 1. The summed E-state index contributed by atoms with van der Waals surface area (Å²) in [5, 5.41) is 16.8. The first-order valence-corrected chi connectivity index (χ1v) is 9.73. The van der Waals surface area contributed by atoms with Gasteiger partial charge in [-0.3, -0.25) is 4.98 Å². The second kappa shape index (κ2) is 7.82. The predicted octanol–water partition coefficient (Wildman–Crippen LogP) is 2.25. The Hall–Kier alpha value is -2.48. The third-order valence-electron chi connectivity index (χ3n) is 4.04. The highest BCUT2D eigenvalue weighted by molar-refractivity contribution is 7.89. The third kappa shape index (κ3) is 4.78. The average Bonchev–Trinajstić information content (AvgIpc) is 2.64. The first-order valence-electron chi connectivity index (χ1n) is 8.18. The van der Waals surface area contributed by atoms with E-state index in [1.807, 2.05) is 12.1 Å². The SMILES string of the molecule is NS(=O)(=O)c1ccc2cc(OC[C@H](O)CCc3cccnc3)ccc2c1. The van der Waals surface area contributed by atoms with Gasteiger partial charge in [-0.25, -0.2) is 13.6 Å². The van der Waals surface area contributed by atoms with Gasteiger partial charge in [0.05, 0.1) is 11.0 Å². The first kappa shape index (κ1) is 18.3. The lowest BCUT2D eigenvalue weighted by molar-refractivity contribution is 0.100. The quantitative estimate of drug-likeness (QED) is 0.662. The van der Waals surface area contributed by atoms with Crippen LogP contribution in [0, 0.1) is 0 Å². The molecule has 3 aromatic rings. The predicted molar refractivity (Wildman–Crippen MR) is 99.4 cm³/mol. The number of aromatic nitrogens is 1. The Labute approximate surface area is 152 Å². The van der Waals surface area contributed by atoms with E-state index in [1.165, 1.54) is 12.1 Å². The van der Waals surface area contributed by atoms with E-state index in [9.17, 15) is 13.5 Å². The van der Waals surface area contributed by atoms with Crippen LogP contribution < -0.4 is 9.88 Å². The largest absolute Gasteiger partial charge is 0.491 e. The van der Waals surface area contributed by atoms with Gasteiger partial charge in [0.2, 0.25) is 10.0 Å². The van der Waals surface area contributed by atoms with Crippen molar-refractivity contribution < 1.29 is 18.3 Å². The van der Waals surface area contributed by atoms with Gasteiger partial charge in [-0.2, -0.15) is 0 Å². The van der Waals surface area contributed by atoms with Crippen molar-refractivity contribution in [1.29, 1.82) is 0 Å². The summed E-state index contributed by atoms with van der Waals surface area (Å²) in [6.45, 7) is 0.182. The van der Waals surface area contributed by atoms with E-state index in [-0.39, 0.29) is 11.5 Å². The van der Waals surface area contributed by atoms with Gasteiger partial charge in [0, 0.05) is 12.4 Å². The van der Waals surface area contributed by atoms with Crippen LogP contribution in [0.15, 0.2) is 65.8 Å². The number of fused-ring (bicyclic) bond motifs is 1. The third-order valence-corrected chi connectivity index (χ3v) is 4.95. The van der Waals surface area contributed by atoms with Crippen LogP contribution in [0.25, 0.3) is 10.8 Å². The van der Waals surface area contributed by atoms with Gasteiger partial charge < -0.3 is 9.84 Å². The lowest BCUT2D eigenvalue weighted by Gasteiger charge is -2.13. The van der Waals surface area contributed by atoms with Gasteiger partial charge in [-0.05, 0) is 59.5 Å². The molecule has 0 aliphatic carbocycles. The van der Waals surface area contributed by atoms with Crippen molar-refractivity contribution in [3.05, 3.63) is 66.5 Å². The second-order valence-electron chi connectivity index (χ2n) is 6.08. The van der Waals surface area contributed by atoms with Crippen molar-refractivity contribution in [2.24, 2.45) is 5.14 Å². The summed E-state index contributed by atoms with van der Waals surface area (Å²) in [6.07, 6.45) is 4.22.